The molecule has 0 radical (unpaired) electrons. The van der Waals surface area contributed by atoms with Crippen LogP contribution in [0.4, 0.5) is 0 Å². The van der Waals surface area contributed by atoms with Gasteiger partial charge in [0.2, 0.25) is 5.91 Å². The van der Waals surface area contributed by atoms with Gasteiger partial charge in [-0.25, -0.2) is 4.79 Å². The average molecular weight is 494 g/mol. The summed E-state index contributed by atoms with van der Waals surface area (Å²) in [6.07, 6.45) is 2.27. The first-order valence-corrected chi connectivity index (χ1v) is 12.4. The van der Waals surface area contributed by atoms with Gasteiger partial charge in [-0.2, -0.15) is 0 Å². The molecule has 2 bridgehead atoms. The van der Waals surface area contributed by atoms with Crippen molar-refractivity contribution in [1.82, 2.24) is 9.80 Å². The summed E-state index contributed by atoms with van der Waals surface area (Å²) >= 11 is 0. The van der Waals surface area contributed by atoms with E-state index in [9.17, 15) is 19.5 Å². The van der Waals surface area contributed by atoms with Gasteiger partial charge in [-0.3, -0.25) is 14.5 Å². The number of hydrogen-bond acceptors (Lipinski definition) is 6. The fraction of sp³-hybridized carbons (Fsp3) is 0.444. The molecular weight excluding hydrogens is 462 g/mol. The zero-order valence-electron chi connectivity index (χ0n) is 20.1. The van der Waals surface area contributed by atoms with Gasteiger partial charge >= 0.3 is 5.97 Å². The largest absolute Gasteiger partial charge is 0.489 e. The summed E-state index contributed by atoms with van der Waals surface area (Å²) in [5.41, 5.74) is 8.54. The Labute approximate surface area is 209 Å². The summed E-state index contributed by atoms with van der Waals surface area (Å²) in [5, 5.41) is 9.64. The lowest BCUT2D eigenvalue weighted by Gasteiger charge is -2.34. The second-order valence-electron chi connectivity index (χ2n) is 9.77. The predicted octanol–water partition coefficient (Wildman–Crippen LogP) is 2.30. The Morgan fingerprint density at radius 3 is 2.44 bits per heavy atom. The molecule has 3 unspecified atom stereocenters. The molecule has 2 aromatic rings. The number of rotatable bonds is 10. The van der Waals surface area contributed by atoms with Gasteiger partial charge < -0.3 is 25.2 Å². The van der Waals surface area contributed by atoms with Gasteiger partial charge in [0.15, 0.2) is 0 Å². The number of amides is 2. The van der Waals surface area contributed by atoms with Crippen LogP contribution in [0.2, 0.25) is 0 Å². The van der Waals surface area contributed by atoms with E-state index in [4.69, 9.17) is 15.2 Å². The second kappa shape index (κ2) is 10.3. The number of ether oxygens (including phenoxy) is 2. The molecule has 2 amide bonds. The molecule has 0 aliphatic carbocycles. The van der Waals surface area contributed by atoms with E-state index in [0.29, 0.717) is 35.6 Å². The molecule has 9 nitrogen and oxygen atoms in total. The van der Waals surface area contributed by atoms with E-state index in [1.165, 1.54) is 23.3 Å². The smallest absolute Gasteiger partial charge is 0.326 e. The van der Waals surface area contributed by atoms with Crippen molar-refractivity contribution >= 4 is 17.8 Å². The number of carbonyl (C=O) groups excluding carboxylic acids is 2. The molecule has 0 saturated carbocycles. The minimum atomic E-state index is -1.16. The number of carboxylic acids is 1. The molecule has 0 aromatic heterocycles. The molecule has 0 spiro atoms. The van der Waals surface area contributed by atoms with Crippen molar-refractivity contribution in [3.8, 4) is 5.75 Å². The van der Waals surface area contributed by atoms with E-state index < -0.39 is 17.9 Å². The van der Waals surface area contributed by atoms with Crippen LogP contribution in [0.15, 0.2) is 42.5 Å². The highest BCUT2D eigenvalue weighted by Crippen LogP contribution is 2.34. The second-order valence-corrected chi connectivity index (χ2v) is 9.77. The first-order valence-electron chi connectivity index (χ1n) is 12.4. The van der Waals surface area contributed by atoms with Crippen LogP contribution in [0.25, 0.3) is 0 Å². The van der Waals surface area contributed by atoms with Crippen LogP contribution >= 0.6 is 0 Å². The van der Waals surface area contributed by atoms with Gasteiger partial charge in [-0.1, -0.05) is 30.3 Å². The monoisotopic (exact) mass is 493 g/mol. The van der Waals surface area contributed by atoms with Crippen LogP contribution in [-0.2, 0) is 34.0 Å². The van der Waals surface area contributed by atoms with Crippen LogP contribution in [-0.4, -0.2) is 64.0 Å². The molecule has 9 heteroatoms. The Morgan fingerprint density at radius 2 is 1.78 bits per heavy atom. The first kappa shape index (κ1) is 24.3. The van der Waals surface area contributed by atoms with E-state index in [-0.39, 0.29) is 25.3 Å². The molecule has 36 heavy (non-hydrogen) atoms. The van der Waals surface area contributed by atoms with Gasteiger partial charge in [0.25, 0.3) is 5.91 Å². The fourth-order valence-corrected chi connectivity index (χ4v) is 5.49. The maximum Gasteiger partial charge on any atom is 0.326 e. The topological polar surface area (TPSA) is 122 Å². The van der Waals surface area contributed by atoms with Crippen molar-refractivity contribution in [2.75, 3.05) is 13.2 Å². The number of carboxylic acid groups (broad SMARTS) is 1. The number of benzene rings is 2. The highest BCUT2D eigenvalue weighted by atomic mass is 16.5. The third kappa shape index (κ3) is 4.94. The van der Waals surface area contributed by atoms with Gasteiger partial charge in [-0.05, 0) is 42.5 Å². The summed E-state index contributed by atoms with van der Waals surface area (Å²) in [6, 6.07) is 13.5. The van der Waals surface area contributed by atoms with Crippen LogP contribution in [0, 0.1) is 0 Å². The van der Waals surface area contributed by atoms with Gasteiger partial charge in [-0.15, -0.1) is 0 Å². The fourth-order valence-electron chi connectivity index (χ4n) is 5.49. The third-order valence-corrected chi connectivity index (χ3v) is 7.45. The van der Waals surface area contributed by atoms with Gasteiger partial charge in [0.1, 0.15) is 18.4 Å². The minimum absolute atomic E-state index is 0.0289. The number of fused-ring (bicyclic) bond motifs is 3. The summed E-state index contributed by atoms with van der Waals surface area (Å²) in [6.45, 7) is 3.01. The number of aliphatic carboxylic acids is 1. The lowest BCUT2D eigenvalue weighted by atomic mass is 10.1. The van der Waals surface area contributed by atoms with Crippen molar-refractivity contribution in [2.24, 2.45) is 5.73 Å². The van der Waals surface area contributed by atoms with Crippen molar-refractivity contribution in [2.45, 2.75) is 63.5 Å². The Hall–Kier alpha value is -3.43. The van der Waals surface area contributed by atoms with Crippen molar-refractivity contribution < 1.29 is 29.0 Å². The van der Waals surface area contributed by atoms with Crippen LogP contribution in [0.3, 0.4) is 0 Å². The number of nitrogens with two attached hydrogens (primary N) is 1. The number of morpholine rings is 1. The van der Waals surface area contributed by atoms with Crippen molar-refractivity contribution in [3.63, 3.8) is 0 Å². The predicted molar refractivity (Wildman–Crippen MR) is 130 cm³/mol. The Morgan fingerprint density at radius 1 is 1.08 bits per heavy atom. The molecule has 5 rings (SSSR count). The van der Waals surface area contributed by atoms with E-state index >= 15 is 0 Å². The quantitative estimate of drug-likeness (QED) is 0.521. The maximum absolute atomic E-state index is 12.9. The zero-order valence-corrected chi connectivity index (χ0v) is 20.1. The number of carbonyl (C=O) groups is 3. The van der Waals surface area contributed by atoms with E-state index in [2.05, 4.69) is 29.2 Å². The maximum atomic E-state index is 12.9. The van der Waals surface area contributed by atoms with Crippen LogP contribution < -0.4 is 10.5 Å². The number of hydrogen-bond donors (Lipinski definition) is 2. The molecule has 3 atom stereocenters. The summed E-state index contributed by atoms with van der Waals surface area (Å²) < 4.78 is 11.8. The molecule has 2 aromatic carbocycles. The Balaban J connectivity index is 1.23. The molecule has 3 heterocycles. The molecule has 2 saturated heterocycles. The minimum Gasteiger partial charge on any atom is -0.489 e. The average Bonchev–Trinajstić information content (AvgIpc) is 3.28. The first-order chi connectivity index (χ1) is 17.4. The molecule has 190 valence electrons. The molecule has 3 aliphatic rings. The zero-order chi connectivity index (χ0) is 25.2. The van der Waals surface area contributed by atoms with E-state index in [0.717, 1.165) is 25.3 Å². The van der Waals surface area contributed by atoms with E-state index in [1.807, 2.05) is 0 Å². The van der Waals surface area contributed by atoms with E-state index in [1.54, 1.807) is 18.2 Å². The lowest BCUT2D eigenvalue weighted by molar-refractivity contribution is -0.142. The molecular formula is C27H31N3O6. The SMILES string of the molecule is NC(=O)CCC(C(=O)O)N1Cc2c(OCc3ccc(CN4C5CCC4COC5)cc3)cccc2C1=O. The standard InChI is InChI=1S/C27H31N3O6/c28-25(31)11-10-23(27(33)34)30-13-22-21(26(30)32)2-1-3-24(22)36-14-18-6-4-17(5-7-18)12-29-19-8-9-20(29)16-35-15-19/h1-7,19-20,23H,8-16H2,(H2,28,31)(H,33,34). The summed E-state index contributed by atoms with van der Waals surface area (Å²) in [7, 11) is 0. The molecule has 3 N–H and O–H groups in total. The third-order valence-electron chi connectivity index (χ3n) is 7.45. The lowest BCUT2D eigenvalue weighted by Crippen LogP contribution is -2.45. The van der Waals surface area contributed by atoms with Gasteiger partial charge in [0, 0.05) is 36.2 Å². The Bertz CT molecular complexity index is 1130. The summed E-state index contributed by atoms with van der Waals surface area (Å²) in [4.78, 5) is 39.7. The molecule has 3 aliphatic heterocycles. The highest BCUT2D eigenvalue weighted by Gasteiger charge is 2.38. The van der Waals surface area contributed by atoms with Crippen molar-refractivity contribution in [1.29, 1.82) is 0 Å². The Kier molecular flexibility index (Phi) is 6.93. The molecule has 2 fully saturated rings. The van der Waals surface area contributed by atoms with Crippen LogP contribution in [0.1, 0.15) is 52.7 Å². The normalized spacial score (nSPS) is 21.9. The number of nitrogens with zero attached hydrogens (tertiary/aromatic N) is 2. The number of primary amides is 1. The van der Waals surface area contributed by atoms with Crippen molar-refractivity contribution in [3.05, 3.63) is 64.7 Å². The summed E-state index contributed by atoms with van der Waals surface area (Å²) in [5.74, 6) is -1.59. The highest BCUT2D eigenvalue weighted by molar-refractivity contribution is 6.01. The van der Waals surface area contributed by atoms with Gasteiger partial charge in [0.05, 0.1) is 19.8 Å². The van der Waals surface area contributed by atoms with Crippen LogP contribution in [0.5, 0.6) is 5.75 Å².